The maximum atomic E-state index is 5.11. The van der Waals surface area contributed by atoms with Crippen LogP contribution in [0.4, 0.5) is 0 Å². The topological polar surface area (TPSA) is 0 Å². The Bertz CT molecular complexity index is 475. The van der Waals surface area contributed by atoms with Gasteiger partial charge >= 0.3 is 0 Å². The minimum absolute atomic E-state index is 0.634. The zero-order valence-corrected chi connectivity index (χ0v) is 9.76. The van der Waals surface area contributed by atoms with E-state index in [0.717, 1.165) is 11.1 Å². The third-order valence-electron chi connectivity index (χ3n) is 2.24. The minimum atomic E-state index is 0.634. The Hall–Kier alpha value is -1.12. The first-order valence-corrected chi connectivity index (χ1v) is 5.52. The van der Waals surface area contributed by atoms with Gasteiger partial charge in [0.2, 0.25) is 0 Å². The summed E-state index contributed by atoms with van der Waals surface area (Å²) >= 11 is 9.35. The molecule has 2 aromatic rings. The van der Waals surface area contributed by atoms with Crippen molar-refractivity contribution in [3.8, 4) is 11.1 Å². The summed E-state index contributed by atoms with van der Waals surface area (Å²) in [5.41, 5.74) is 3.32. The number of hydrogen-bond acceptors (Lipinski definition) is 1. The van der Waals surface area contributed by atoms with Crippen LogP contribution in [-0.4, -0.2) is 4.20 Å². The Balaban J connectivity index is 2.58. The highest BCUT2D eigenvalue weighted by Gasteiger charge is 2.05. The van der Waals surface area contributed by atoms with Crippen LogP contribution in [0.3, 0.4) is 0 Å². The van der Waals surface area contributed by atoms with Crippen LogP contribution in [0.5, 0.6) is 0 Å². The largest absolute Gasteiger partial charge is 0.131 e. The second-order valence-corrected chi connectivity index (χ2v) is 4.37. The molecular formula is C13H10S2. The van der Waals surface area contributed by atoms with Gasteiger partial charge in [-0.15, -0.1) is 12.6 Å². The van der Waals surface area contributed by atoms with Gasteiger partial charge in [0.05, 0.1) is 4.20 Å². The molecule has 0 aliphatic rings. The summed E-state index contributed by atoms with van der Waals surface area (Å²) in [6.07, 6.45) is 0. The molecule has 15 heavy (non-hydrogen) atoms. The highest BCUT2D eigenvalue weighted by molar-refractivity contribution is 8.11. The van der Waals surface area contributed by atoms with Crippen molar-refractivity contribution in [1.29, 1.82) is 0 Å². The van der Waals surface area contributed by atoms with Gasteiger partial charge in [0.15, 0.2) is 0 Å². The highest BCUT2D eigenvalue weighted by Crippen LogP contribution is 2.24. The fourth-order valence-corrected chi connectivity index (χ4v) is 1.91. The number of thiocarbonyl (C=S) groups is 1. The molecule has 0 nitrogen and oxygen atoms in total. The molecule has 0 saturated carbocycles. The first-order chi connectivity index (χ1) is 7.29. The van der Waals surface area contributed by atoms with Gasteiger partial charge in [-0.2, -0.15) is 0 Å². The van der Waals surface area contributed by atoms with E-state index in [1.165, 1.54) is 5.56 Å². The van der Waals surface area contributed by atoms with Crippen LogP contribution >= 0.6 is 24.8 Å². The van der Waals surface area contributed by atoms with Crippen molar-refractivity contribution in [2.75, 3.05) is 0 Å². The van der Waals surface area contributed by atoms with Gasteiger partial charge in [-0.1, -0.05) is 66.8 Å². The summed E-state index contributed by atoms with van der Waals surface area (Å²) in [6, 6.07) is 18.2. The number of benzene rings is 2. The van der Waals surface area contributed by atoms with Crippen LogP contribution in [0.1, 0.15) is 5.56 Å². The van der Waals surface area contributed by atoms with Gasteiger partial charge in [-0.3, -0.25) is 0 Å². The molecule has 0 bridgehead atoms. The highest BCUT2D eigenvalue weighted by atomic mass is 32.1. The second kappa shape index (κ2) is 4.60. The fraction of sp³-hybridized carbons (Fsp3) is 0. The summed E-state index contributed by atoms with van der Waals surface area (Å²) < 4.78 is 0.634. The van der Waals surface area contributed by atoms with Crippen molar-refractivity contribution in [3.05, 3.63) is 60.2 Å². The average molecular weight is 230 g/mol. The Morgan fingerprint density at radius 2 is 1.47 bits per heavy atom. The molecule has 0 heterocycles. The molecule has 2 aromatic carbocycles. The van der Waals surface area contributed by atoms with E-state index < -0.39 is 0 Å². The smallest absolute Gasteiger partial charge is 0.0754 e. The molecule has 74 valence electrons. The third kappa shape index (κ3) is 2.28. The Morgan fingerprint density at radius 3 is 2.13 bits per heavy atom. The standard InChI is InChI=1S/C13H10S2/c14-13(15)12-9-5-4-8-11(12)10-6-2-1-3-7-10/h1-9H,(H,14,15). The van der Waals surface area contributed by atoms with Gasteiger partial charge in [-0.25, -0.2) is 0 Å². The van der Waals surface area contributed by atoms with Crippen LogP contribution in [0.15, 0.2) is 54.6 Å². The maximum absolute atomic E-state index is 5.11. The lowest BCUT2D eigenvalue weighted by atomic mass is 10.0. The number of rotatable bonds is 2. The van der Waals surface area contributed by atoms with Gasteiger partial charge < -0.3 is 0 Å². The molecule has 0 radical (unpaired) electrons. The molecule has 0 saturated heterocycles. The van der Waals surface area contributed by atoms with Crippen molar-refractivity contribution in [2.24, 2.45) is 0 Å². The van der Waals surface area contributed by atoms with Crippen molar-refractivity contribution >= 4 is 29.0 Å². The molecule has 0 aromatic heterocycles. The first-order valence-electron chi connectivity index (χ1n) is 4.67. The first kappa shape index (κ1) is 10.4. The number of thiol groups is 1. The molecule has 0 amide bonds. The minimum Gasteiger partial charge on any atom is -0.131 e. The van der Waals surface area contributed by atoms with Crippen molar-refractivity contribution < 1.29 is 0 Å². The predicted octanol–water partition coefficient (Wildman–Crippen LogP) is 3.96. The summed E-state index contributed by atoms with van der Waals surface area (Å²) in [7, 11) is 0. The van der Waals surface area contributed by atoms with Gasteiger partial charge in [-0.05, 0) is 11.1 Å². The van der Waals surface area contributed by atoms with Crippen LogP contribution in [0, 0.1) is 0 Å². The normalized spacial score (nSPS) is 9.93. The van der Waals surface area contributed by atoms with Crippen LogP contribution < -0.4 is 0 Å². The van der Waals surface area contributed by atoms with Crippen molar-refractivity contribution in [2.45, 2.75) is 0 Å². The second-order valence-electron chi connectivity index (χ2n) is 3.22. The maximum Gasteiger partial charge on any atom is 0.0754 e. The van der Waals surface area contributed by atoms with Crippen LogP contribution in [-0.2, 0) is 0 Å². The van der Waals surface area contributed by atoms with Gasteiger partial charge in [0.25, 0.3) is 0 Å². The van der Waals surface area contributed by atoms with E-state index in [-0.39, 0.29) is 0 Å². The molecule has 0 aliphatic carbocycles. The van der Waals surface area contributed by atoms with Gasteiger partial charge in [0.1, 0.15) is 0 Å². The quantitative estimate of drug-likeness (QED) is 0.602. The van der Waals surface area contributed by atoms with Crippen molar-refractivity contribution in [1.82, 2.24) is 0 Å². The van der Waals surface area contributed by atoms with Crippen molar-refractivity contribution in [3.63, 3.8) is 0 Å². The molecular weight excluding hydrogens is 220 g/mol. The Kier molecular flexibility index (Phi) is 3.19. The van der Waals surface area contributed by atoms with E-state index in [2.05, 4.69) is 30.8 Å². The molecule has 2 rings (SSSR count). The SMILES string of the molecule is S=C(S)c1ccccc1-c1ccccc1. The molecule has 0 fully saturated rings. The summed E-state index contributed by atoms with van der Waals surface area (Å²) in [4.78, 5) is 0. The lowest BCUT2D eigenvalue weighted by Gasteiger charge is -2.07. The molecule has 0 unspecified atom stereocenters. The summed E-state index contributed by atoms with van der Waals surface area (Å²) in [6.45, 7) is 0. The fourth-order valence-electron chi connectivity index (χ4n) is 1.54. The van der Waals surface area contributed by atoms with Crippen LogP contribution in [0.25, 0.3) is 11.1 Å². The zero-order valence-electron chi connectivity index (χ0n) is 8.05. The Labute approximate surface area is 100 Å². The van der Waals surface area contributed by atoms with E-state index in [9.17, 15) is 0 Å². The summed E-state index contributed by atoms with van der Waals surface area (Å²) in [5.74, 6) is 0. The third-order valence-corrected chi connectivity index (χ3v) is 2.70. The lowest BCUT2D eigenvalue weighted by molar-refractivity contribution is 1.60. The molecule has 0 spiro atoms. The lowest BCUT2D eigenvalue weighted by Crippen LogP contribution is -1.91. The number of hydrogen-bond donors (Lipinski definition) is 1. The van der Waals surface area contributed by atoms with E-state index in [1.54, 1.807) is 0 Å². The molecule has 0 aliphatic heterocycles. The Morgan fingerprint density at radius 1 is 0.867 bits per heavy atom. The van der Waals surface area contributed by atoms with E-state index in [4.69, 9.17) is 12.2 Å². The van der Waals surface area contributed by atoms with E-state index in [1.807, 2.05) is 36.4 Å². The zero-order chi connectivity index (χ0) is 10.7. The molecule has 2 heteroatoms. The molecule has 0 atom stereocenters. The average Bonchev–Trinajstić information content (AvgIpc) is 2.30. The summed E-state index contributed by atoms with van der Waals surface area (Å²) in [5, 5.41) is 0. The van der Waals surface area contributed by atoms with E-state index >= 15 is 0 Å². The van der Waals surface area contributed by atoms with Gasteiger partial charge in [0, 0.05) is 5.56 Å². The monoisotopic (exact) mass is 230 g/mol. The predicted molar refractivity (Wildman–Crippen MR) is 72.6 cm³/mol. The van der Waals surface area contributed by atoms with Crippen LogP contribution in [0.2, 0.25) is 0 Å². The van der Waals surface area contributed by atoms with E-state index in [0.29, 0.717) is 4.20 Å². The molecule has 0 N–H and O–H groups in total.